The Kier molecular flexibility index (Phi) is 3.92. The highest BCUT2D eigenvalue weighted by atomic mass is 16.3. The maximum atomic E-state index is 9.41. The summed E-state index contributed by atoms with van der Waals surface area (Å²) in [6, 6.07) is 18.9. The lowest BCUT2D eigenvalue weighted by Crippen LogP contribution is -2.14. The third kappa shape index (κ3) is 3.01. The average molecular weight is 291 g/mol. The van der Waals surface area contributed by atoms with Crippen LogP contribution in [0, 0.1) is 0 Å². The SMILES string of the molecule is Nc1cnccc1C(Nc1ccc(O)cc1)c1ccccc1. The van der Waals surface area contributed by atoms with Crippen molar-refractivity contribution in [1.82, 2.24) is 4.98 Å². The van der Waals surface area contributed by atoms with E-state index in [2.05, 4.69) is 22.4 Å². The minimum Gasteiger partial charge on any atom is -0.508 e. The number of nitrogens with one attached hydrogen (secondary N) is 1. The zero-order valence-corrected chi connectivity index (χ0v) is 12.0. The first kappa shape index (κ1) is 13.9. The first-order chi connectivity index (χ1) is 10.7. The molecule has 0 bridgehead atoms. The molecule has 0 aliphatic carbocycles. The van der Waals surface area contributed by atoms with Crippen LogP contribution >= 0.6 is 0 Å². The maximum Gasteiger partial charge on any atom is 0.115 e. The Hall–Kier alpha value is -3.01. The Bertz CT molecular complexity index is 742. The molecule has 0 fully saturated rings. The molecular weight excluding hydrogens is 274 g/mol. The molecule has 0 radical (unpaired) electrons. The molecule has 110 valence electrons. The largest absolute Gasteiger partial charge is 0.508 e. The summed E-state index contributed by atoms with van der Waals surface area (Å²) in [6.07, 6.45) is 3.39. The summed E-state index contributed by atoms with van der Waals surface area (Å²) in [4.78, 5) is 4.05. The van der Waals surface area contributed by atoms with Gasteiger partial charge in [0.1, 0.15) is 5.75 Å². The van der Waals surface area contributed by atoms with Crippen LogP contribution < -0.4 is 11.1 Å². The second kappa shape index (κ2) is 6.18. The lowest BCUT2D eigenvalue weighted by molar-refractivity contribution is 0.475. The Labute approximate surface area is 129 Å². The average Bonchev–Trinajstić information content (AvgIpc) is 2.56. The number of anilines is 2. The van der Waals surface area contributed by atoms with E-state index in [-0.39, 0.29) is 11.8 Å². The number of benzene rings is 2. The predicted octanol–water partition coefficient (Wildman–Crippen LogP) is 3.57. The first-order valence-corrected chi connectivity index (χ1v) is 7.04. The van der Waals surface area contributed by atoms with E-state index in [1.54, 1.807) is 24.5 Å². The number of phenols is 1. The number of nitrogen functional groups attached to an aromatic ring is 1. The van der Waals surface area contributed by atoms with Gasteiger partial charge in [0, 0.05) is 17.4 Å². The molecule has 0 saturated heterocycles. The van der Waals surface area contributed by atoms with Gasteiger partial charge in [-0.2, -0.15) is 0 Å². The topological polar surface area (TPSA) is 71.2 Å². The maximum absolute atomic E-state index is 9.41. The summed E-state index contributed by atoms with van der Waals surface area (Å²) >= 11 is 0. The van der Waals surface area contributed by atoms with E-state index in [0.717, 1.165) is 16.8 Å². The molecule has 0 aliphatic heterocycles. The number of phenolic OH excluding ortho intramolecular Hbond substituents is 1. The second-order valence-electron chi connectivity index (χ2n) is 5.04. The van der Waals surface area contributed by atoms with E-state index >= 15 is 0 Å². The van der Waals surface area contributed by atoms with Crippen LogP contribution in [-0.2, 0) is 0 Å². The standard InChI is InChI=1S/C18H17N3O/c19-17-12-20-11-10-16(17)18(13-4-2-1-3-5-13)21-14-6-8-15(22)9-7-14/h1-12,18,21-22H,19H2. The van der Waals surface area contributed by atoms with Gasteiger partial charge in [-0.15, -0.1) is 0 Å². The van der Waals surface area contributed by atoms with Gasteiger partial charge in [-0.1, -0.05) is 30.3 Å². The predicted molar refractivity (Wildman–Crippen MR) is 88.7 cm³/mol. The summed E-state index contributed by atoms with van der Waals surface area (Å²) in [7, 11) is 0. The van der Waals surface area contributed by atoms with E-state index < -0.39 is 0 Å². The Morgan fingerprint density at radius 1 is 0.955 bits per heavy atom. The quantitative estimate of drug-likeness (QED) is 0.643. The van der Waals surface area contributed by atoms with Gasteiger partial charge in [-0.25, -0.2) is 0 Å². The number of aromatic nitrogens is 1. The van der Waals surface area contributed by atoms with Crippen molar-refractivity contribution in [2.75, 3.05) is 11.1 Å². The molecule has 0 spiro atoms. The van der Waals surface area contributed by atoms with Gasteiger partial charge >= 0.3 is 0 Å². The van der Waals surface area contributed by atoms with Crippen LogP contribution in [0.4, 0.5) is 11.4 Å². The molecule has 3 aromatic rings. The summed E-state index contributed by atoms with van der Waals surface area (Å²) in [5.74, 6) is 0.241. The van der Waals surface area contributed by atoms with Crippen molar-refractivity contribution in [3.63, 3.8) is 0 Å². The van der Waals surface area contributed by atoms with E-state index in [0.29, 0.717) is 5.69 Å². The molecule has 0 amide bonds. The molecule has 4 N–H and O–H groups in total. The van der Waals surface area contributed by atoms with Gasteiger partial charge in [0.25, 0.3) is 0 Å². The minimum atomic E-state index is -0.0891. The van der Waals surface area contributed by atoms with Gasteiger partial charge in [0.05, 0.1) is 17.9 Å². The van der Waals surface area contributed by atoms with Gasteiger partial charge in [0.15, 0.2) is 0 Å². The zero-order valence-electron chi connectivity index (χ0n) is 12.0. The minimum absolute atomic E-state index is 0.0891. The van der Waals surface area contributed by atoms with Gasteiger partial charge in [-0.3, -0.25) is 4.98 Å². The van der Waals surface area contributed by atoms with Gasteiger partial charge in [0.2, 0.25) is 0 Å². The van der Waals surface area contributed by atoms with Crippen LogP contribution in [0.1, 0.15) is 17.2 Å². The summed E-state index contributed by atoms with van der Waals surface area (Å²) in [6.45, 7) is 0. The van der Waals surface area contributed by atoms with Crippen molar-refractivity contribution >= 4 is 11.4 Å². The molecule has 1 unspecified atom stereocenters. The Morgan fingerprint density at radius 3 is 2.36 bits per heavy atom. The summed E-state index contributed by atoms with van der Waals surface area (Å²) in [5, 5.41) is 12.9. The molecule has 0 aliphatic rings. The normalized spacial score (nSPS) is 11.8. The lowest BCUT2D eigenvalue weighted by atomic mass is 9.98. The molecule has 1 aromatic heterocycles. The second-order valence-corrected chi connectivity index (χ2v) is 5.04. The number of pyridine rings is 1. The highest BCUT2D eigenvalue weighted by Gasteiger charge is 2.16. The summed E-state index contributed by atoms with van der Waals surface area (Å²) < 4.78 is 0. The molecular formula is C18H17N3O. The smallest absolute Gasteiger partial charge is 0.115 e. The van der Waals surface area contributed by atoms with Crippen LogP contribution in [0.25, 0.3) is 0 Å². The van der Waals surface area contributed by atoms with Crippen molar-refractivity contribution < 1.29 is 5.11 Å². The van der Waals surface area contributed by atoms with Crippen LogP contribution in [0.5, 0.6) is 5.75 Å². The Morgan fingerprint density at radius 2 is 1.68 bits per heavy atom. The first-order valence-electron chi connectivity index (χ1n) is 7.04. The van der Waals surface area contributed by atoms with Crippen LogP contribution in [0.15, 0.2) is 73.1 Å². The summed E-state index contributed by atoms with van der Waals surface area (Å²) in [5.41, 5.74) is 9.71. The van der Waals surface area contributed by atoms with E-state index in [1.165, 1.54) is 0 Å². The molecule has 22 heavy (non-hydrogen) atoms. The van der Waals surface area contributed by atoms with Crippen LogP contribution in [-0.4, -0.2) is 10.1 Å². The fourth-order valence-corrected chi connectivity index (χ4v) is 2.39. The third-order valence-electron chi connectivity index (χ3n) is 3.51. The number of hydrogen-bond donors (Lipinski definition) is 3. The van der Waals surface area contributed by atoms with Crippen LogP contribution in [0.3, 0.4) is 0 Å². The fraction of sp³-hybridized carbons (Fsp3) is 0.0556. The van der Waals surface area contributed by atoms with Crippen molar-refractivity contribution in [2.45, 2.75) is 6.04 Å². The molecule has 4 nitrogen and oxygen atoms in total. The number of nitrogens with zero attached hydrogens (tertiary/aromatic N) is 1. The molecule has 1 atom stereocenters. The van der Waals surface area contributed by atoms with E-state index in [9.17, 15) is 5.11 Å². The highest BCUT2D eigenvalue weighted by Crippen LogP contribution is 2.30. The monoisotopic (exact) mass is 291 g/mol. The zero-order chi connectivity index (χ0) is 15.4. The number of aromatic hydroxyl groups is 1. The molecule has 4 heteroatoms. The van der Waals surface area contributed by atoms with Crippen LogP contribution in [0.2, 0.25) is 0 Å². The van der Waals surface area contributed by atoms with Crippen molar-refractivity contribution in [1.29, 1.82) is 0 Å². The van der Waals surface area contributed by atoms with Gasteiger partial charge < -0.3 is 16.2 Å². The van der Waals surface area contributed by atoms with Crippen molar-refractivity contribution in [3.05, 3.63) is 84.2 Å². The lowest BCUT2D eigenvalue weighted by Gasteiger charge is -2.22. The molecule has 1 heterocycles. The highest BCUT2D eigenvalue weighted by molar-refractivity contribution is 5.56. The van der Waals surface area contributed by atoms with Crippen molar-refractivity contribution in [3.8, 4) is 5.75 Å². The number of nitrogens with two attached hydrogens (primary N) is 1. The van der Waals surface area contributed by atoms with Gasteiger partial charge in [-0.05, 0) is 35.9 Å². The van der Waals surface area contributed by atoms with Crippen molar-refractivity contribution in [2.24, 2.45) is 0 Å². The number of hydrogen-bond acceptors (Lipinski definition) is 4. The fourth-order valence-electron chi connectivity index (χ4n) is 2.39. The molecule has 3 rings (SSSR count). The Balaban J connectivity index is 2.00. The van der Waals surface area contributed by atoms with E-state index in [4.69, 9.17) is 5.73 Å². The van der Waals surface area contributed by atoms with E-state index in [1.807, 2.05) is 36.4 Å². The third-order valence-corrected chi connectivity index (χ3v) is 3.51. The molecule has 2 aromatic carbocycles. The number of rotatable bonds is 4. The molecule has 0 saturated carbocycles.